The van der Waals surface area contributed by atoms with Gasteiger partial charge in [-0.2, -0.15) is 0 Å². The standard InChI is InChI=1S/C25H12Br2I2/c26-13-1-5-17-18-6-2-14(27)10-22(18)25(21(17)9-13)23-11-15(28)3-7-19(23)20-8-4-16(29)12-24(20)25/h1-12H. The molecular weight excluding hydrogens is 714 g/mol. The molecule has 4 aromatic carbocycles. The first-order chi connectivity index (χ1) is 14.0. The Kier molecular flexibility index (Phi) is 4.36. The first kappa shape index (κ1) is 19.0. The van der Waals surface area contributed by atoms with Crippen LogP contribution < -0.4 is 0 Å². The molecule has 0 N–H and O–H groups in total. The Balaban J connectivity index is 1.88. The molecule has 2 aliphatic carbocycles. The highest BCUT2D eigenvalue weighted by molar-refractivity contribution is 14.1. The lowest BCUT2D eigenvalue weighted by molar-refractivity contribution is 0.791. The molecule has 1 spiro atoms. The number of rotatable bonds is 0. The van der Waals surface area contributed by atoms with Crippen LogP contribution in [-0.4, -0.2) is 0 Å². The highest BCUT2D eigenvalue weighted by Crippen LogP contribution is 2.63. The van der Waals surface area contributed by atoms with Gasteiger partial charge >= 0.3 is 0 Å². The average molecular weight is 726 g/mol. The summed E-state index contributed by atoms with van der Waals surface area (Å²) in [6.45, 7) is 0. The summed E-state index contributed by atoms with van der Waals surface area (Å²) in [6.07, 6.45) is 0. The van der Waals surface area contributed by atoms with Crippen molar-refractivity contribution in [2.75, 3.05) is 0 Å². The van der Waals surface area contributed by atoms with Crippen LogP contribution in [0.4, 0.5) is 0 Å². The Morgan fingerprint density at radius 3 is 1.24 bits per heavy atom. The van der Waals surface area contributed by atoms with E-state index in [0.717, 1.165) is 8.95 Å². The Bertz CT molecular complexity index is 1150. The van der Waals surface area contributed by atoms with Crippen molar-refractivity contribution in [1.29, 1.82) is 0 Å². The number of halogens is 4. The first-order valence-electron chi connectivity index (χ1n) is 9.21. The highest BCUT2D eigenvalue weighted by atomic mass is 127. The zero-order chi connectivity index (χ0) is 19.9. The molecule has 0 radical (unpaired) electrons. The van der Waals surface area contributed by atoms with E-state index in [1.165, 1.54) is 51.6 Å². The van der Waals surface area contributed by atoms with Crippen LogP contribution in [0.1, 0.15) is 22.3 Å². The summed E-state index contributed by atoms with van der Waals surface area (Å²) in [6, 6.07) is 27.3. The quantitative estimate of drug-likeness (QED) is 0.138. The van der Waals surface area contributed by atoms with E-state index in [4.69, 9.17) is 0 Å². The molecule has 0 nitrogen and oxygen atoms in total. The van der Waals surface area contributed by atoms with Crippen molar-refractivity contribution in [3.8, 4) is 22.3 Å². The molecule has 0 saturated heterocycles. The maximum absolute atomic E-state index is 3.75. The smallest absolute Gasteiger partial charge is 0.0530 e. The minimum absolute atomic E-state index is 0.286. The van der Waals surface area contributed by atoms with E-state index in [2.05, 4.69) is 150 Å². The third kappa shape index (κ3) is 2.52. The van der Waals surface area contributed by atoms with E-state index < -0.39 is 0 Å². The summed E-state index contributed by atoms with van der Waals surface area (Å²) in [4.78, 5) is 0. The van der Waals surface area contributed by atoms with Gasteiger partial charge in [0.1, 0.15) is 0 Å². The second kappa shape index (κ2) is 6.65. The van der Waals surface area contributed by atoms with Crippen LogP contribution in [0.5, 0.6) is 0 Å². The SMILES string of the molecule is Brc1ccc2c(c1)C1(c3cc(Br)ccc3-2)c2cc(I)ccc2-c2ccc(I)cc21. The van der Waals surface area contributed by atoms with Crippen LogP contribution in [0, 0.1) is 7.14 Å². The molecule has 0 atom stereocenters. The maximum atomic E-state index is 3.75. The Morgan fingerprint density at radius 2 is 0.828 bits per heavy atom. The fourth-order valence-corrected chi connectivity index (χ4v) is 6.82. The van der Waals surface area contributed by atoms with Crippen LogP contribution in [0.3, 0.4) is 0 Å². The van der Waals surface area contributed by atoms with E-state index in [0.29, 0.717) is 0 Å². The predicted molar refractivity (Wildman–Crippen MR) is 144 cm³/mol. The van der Waals surface area contributed by atoms with Crippen molar-refractivity contribution < 1.29 is 0 Å². The van der Waals surface area contributed by atoms with E-state index in [9.17, 15) is 0 Å². The summed E-state index contributed by atoms with van der Waals surface area (Å²) in [5.41, 5.74) is 10.6. The van der Waals surface area contributed by atoms with Crippen LogP contribution in [0.25, 0.3) is 22.3 Å². The van der Waals surface area contributed by atoms with Gasteiger partial charge in [0.25, 0.3) is 0 Å². The summed E-state index contributed by atoms with van der Waals surface area (Å²) < 4.78 is 4.77. The van der Waals surface area contributed by atoms with Crippen LogP contribution in [-0.2, 0) is 5.41 Å². The second-order valence-electron chi connectivity index (χ2n) is 7.51. The van der Waals surface area contributed by atoms with Crippen molar-refractivity contribution in [2.24, 2.45) is 0 Å². The summed E-state index contributed by atoms with van der Waals surface area (Å²) in [7, 11) is 0. The molecule has 0 fully saturated rings. The van der Waals surface area contributed by atoms with Crippen LogP contribution in [0.15, 0.2) is 81.7 Å². The van der Waals surface area contributed by atoms with Crippen molar-refractivity contribution >= 4 is 77.0 Å². The molecule has 6 rings (SSSR count). The maximum Gasteiger partial charge on any atom is 0.0727 e. The fraction of sp³-hybridized carbons (Fsp3) is 0.0400. The average Bonchev–Trinajstić information content (AvgIpc) is 3.13. The molecular formula is C25H12Br2I2. The molecule has 0 saturated carbocycles. The molecule has 0 bridgehead atoms. The molecule has 0 amide bonds. The van der Waals surface area contributed by atoms with Crippen molar-refractivity contribution in [3.05, 3.63) is 111 Å². The second-order valence-corrected chi connectivity index (χ2v) is 11.8. The lowest BCUT2D eigenvalue weighted by atomic mass is 9.70. The van der Waals surface area contributed by atoms with Gasteiger partial charge in [-0.3, -0.25) is 0 Å². The van der Waals surface area contributed by atoms with E-state index in [1.807, 2.05) is 0 Å². The van der Waals surface area contributed by atoms with Crippen molar-refractivity contribution in [2.45, 2.75) is 5.41 Å². The number of fused-ring (bicyclic) bond motifs is 10. The van der Waals surface area contributed by atoms with Gasteiger partial charge in [0.15, 0.2) is 0 Å². The fourth-order valence-electron chi connectivity index (χ4n) is 5.12. The summed E-state index contributed by atoms with van der Waals surface area (Å²) in [5, 5.41) is 0. The predicted octanol–water partition coefficient (Wildman–Crippen LogP) is 8.76. The first-order valence-corrected chi connectivity index (χ1v) is 13.0. The third-order valence-electron chi connectivity index (χ3n) is 6.12. The van der Waals surface area contributed by atoms with E-state index in [1.54, 1.807) is 0 Å². The topological polar surface area (TPSA) is 0 Å². The Labute approximate surface area is 213 Å². The molecule has 4 heteroatoms. The Hall–Kier alpha value is -0.700. The molecule has 0 aliphatic heterocycles. The lowest BCUT2D eigenvalue weighted by Gasteiger charge is -2.31. The normalized spacial score (nSPS) is 14.5. The van der Waals surface area contributed by atoms with Crippen molar-refractivity contribution in [1.82, 2.24) is 0 Å². The minimum Gasteiger partial charge on any atom is -0.0530 e. The van der Waals surface area contributed by atoms with Crippen LogP contribution in [0.2, 0.25) is 0 Å². The molecule has 4 aromatic rings. The van der Waals surface area contributed by atoms with Gasteiger partial charge in [-0.1, -0.05) is 56.1 Å². The van der Waals surface area contributed by atoms with Gasteiger partial charge in [0.05, 0.1) is 5.41 Å². The highest BCUT2D eigenvalue weighted by Gasteiger charge is 2.52. The molecule has 2 aliphatic rings. The molecule has 140 valence electrons. The minimum atomic E-state index is -0.286. The van der Waals surface area contributed by atoms with Crippen LogP contribution >= 0.6 is 77.0 Å². The zero-order valence-corrected chi connectivity index (χ0v) is 22.4. The van der Waals surface area contributed by atoms with E-state index >= 15 is 0 Å². The van der Waals surface area contributed by atoms with Gasteiger partial charge < -0.3 is 0 Å². The molecule has 0 heterocycles. The monoisotopic (exact) mass is 724 g/mol. The van der Waals surface area contributed by atoms with Gasteiger partial charge in [0.2, 0.25) is 0 Å². The van der Waals surface area contributed by atoms with E-state index in [-0.39, 0.29) is 5.41 Å². The van der Waals surface area contributed by atoms with Crippen molar-refractivity contribution in [3.63, 3.8) is 0 Å². The zero-order valence-electron chi connectivity index (χ0n) is 14.9. The summed E-state index contributed by atoms with van der Waals surface area (Å²) in [5.74, 6) is 0. The summed E-state index contributed by atoms with van der Waals surface area (Å²) >= 11 is 12.4. The molecule has 29 heavy (non-hydrogen) atoms. The number of benzene rings is 4. The van der Waals surface area contributed by atoms with Gasteiger partial charge in [0, 0.05) is 16.1 Å². The van der Waals surface area contributed by atoms with Gasteiger partial charge in [-0.15, -0.1) is 0 Å². The molecule has 0 aromatic heterocycles. The van der Waals surface area contributed by atoms with Gasteiger partial charge in [-0.25, -0.2) is 0 Å². The third-order valence-corrected chi connectivity index (χ3v) is 8.45. The molecule has 0 unspecified atom stereocenters. The number of hydrogen-bond acceptors (Lipinski definition) is 0. The van der Waals surface area contributed by atoms with Gasteiger partial charge in [-0.05, 0) is 138 Å². The Morgan fingerprint density at radius 1 is 0.483 bits per heavy atom. The number of hydrogen-bond donors (Lipinski definition) is 0. The largest absolute Gasteiger partial charge is 0.0727 e. The lowest BCUT2D eigenvalue weighted by Crippen LogP contribution is -2.26.